The summed E-state index contributed by atoms with van der Waals surface area (Å²) in [6.45, 7) is 3.66. The number of anilines is 1. The van der Waals surface area contributed by atoms with Crippen molar-refractivity contribution in [2.75, 3.05) is 39.2 Å². The van der Waals surface area contributed by atoms with Crippen LogP contribution in [0.15, 0.2) is 42.5 Å². The highest BCUT2D eigenvalue weighted by Crippen LogP contribution is 2.49. The molecule has 0 bridgehead atoms. The van der Waals surface area contributed by atoms with E-state index in [0.717, 1.165) is 48.1 Å². The molecule has 7 heteroatoms. The van der Waals surface area contributed by atoms with Crippen molar-refractivity contribution in [2.45, 2.75) is 37.8 Å². The van der Waals surface area contributed by atoms with Crippen LogP contribution < -0.4 is 15.0 Å². The van der Waals surface area contributed by atoms with E-state index in [0.29, 0.717) is 29.5 Å². The van der Waals surface area contributed by atoms with Crippen molar-refractivity contribution in [3.8, 4) is 5.75 Å². The smallest absolute Gasteiger partial charge is 0.252 e. The van der Waals surface area contributed by atoms with Crippen LogP contribution >= 0.6 is 0 Å². The number of amides is 1. The van der Waals surface area contributed by atoms with Gasteiger partial charge in [-0.1, -0.05) is 6.07 Å². The van der Waals surface area contributed by atoms with E-state index in [1.165, 1.54) is 12.1 Å². The average molecular weight is 463 g/mol. The van der Waals surface area contributed by atoms with Gasteiger partial charge in [0.2, 0.25) is 0 Å². The van der Waals surface area contributed by atoms with E-state index in [4.69, 9.17) is 4.74 Å². The van der Waals surface area contributed by atoms with Gasteiger partial charge in [0.15, 0.2) is 0 Å². The fourth-order valence-electron chi connectivity index (χ4n) is 4.59. The molecule has 2 aliphatic rings. The first-order chi connectivity index (χ1) is 16.3. The molecule has 0 radical (unpaired) electrons. The summed E-state index contributed by atoms with van der Waals surface area (Å²) in [6.07, 6.45) is 2.79. The second-order valence-electron chi connectivity index (χ2n) is 9.83. The molecular formula is C27H31FN4O2. The third-order valence-electron chi connectivity index (χ3n) is 7.17. The van der Waals surface area contributed by atoms with Crippen molar-refractivity contribution in [3.63, 3.8) is 0 Å². The second kappa shape index (κ2) is 8.55. The molecule has 0 spiro atoms. The third kappa shape index (κ3) is 4.20. The minimum Gasteiger partial charge on any atom is -0.492 e. The van der Waals surface area contributed by atoms with Gasteiger partial charge in [-0.25, -0.2) is 9.37 Å². The number of pyridine rings is 1. The first kappa shape index (κ1) is 22.6. The molecule has 1 saturated heterocycles. The Balaban J connectivity index is 1.42. The van der Waals surface area contributed by atoms with Crippen LogP contribution in [0.4, 0.5) is 10.2 Å². The Hall–Kier alpha value is -3.19. The molecule has 1 aliphatic heterocycles. The maximum Gasteiger partial charge on any atom is 0.252 e. The number of carbonyl (C=O) groups is 1. The Morgan fingerprint density at radius 3 is 2.68 bits per heavy atom. The molecule has 6 nitrogen and oxygen atoms in total. The molecule has 1 saturated carbocycles. The predicted molar refractivity (Wildman–Crippen MR) is 132 cm³/mol. The lowest BCUT2D eigenvalue weighted by molar-refractivity contribution is 0.0767. The summed E-state index contributed by atoms with van der Waals surface area (Å²) in [5, 5.41) is 4.16. The zero-order valence-corrected chi connectivity index (χ0v) is 20.2. The van der Waals surface area contributed by atoms with Crippen molar-refractivity contribution in [1.29, 1.82) is 0 Å². The Kier molecular flexibility index (Phi) is 5.68. The van der Waals surface area contributed by atoms with E-state index in [2.05, 4.69) is 22.2 Å². The topological polar surface area (TPSA) is 57.7 Å². The summed E-state index contributed by atoms with van der Waals surface area (Å²) in [7, 11) is 5.91. The molecule has 178 valence electrons. The molecule has 3 aromatic rings. The predicted octanol–water partition coefficient (Wildman–Crippen LogP) is 4.25. The SMILES string of the molecule is Cc1ccc(OCC2CCN2C)cc1C(=O)NC1(c2cc(N(C)C)nc3cc(F)ccc23)CC1. The highest BCUT2D eigenvalue weighted by molar-refractivity contribution is 5.97. The molecule has 5 rings (SSSR count). The van der Waals surface area contributed by atoms with Crippen LogP contribution in [0.1, 0.15) is 40.7 Å². The number of nitrogens with zero attached hydrogens (tertiary/aromatic N) is 3. The molecule has 1 unspecified atom stereocenters. The molecule has 1 aromatic heterocycles. The van der Waals surface area contributed by atoms with Crippen molar-refractivity contribution >= 4 is 22.6 Å². The van der Waals surface area contributed by atoms with Crippen LogP contribution in [0.3, 0.4) is 0 Å². The standard InChI is InChI=1S/C27H31FN4O2/c1-17-5-7-20(34-16-19-9-12-32(19)4)14-22(17)26(33)30-27(10-11-27)23-15-25(31(2)3)29-24-13-18(28)6-8-21(23)24/h5-8,13-15,19H,9-12,16H2,1-4H3,(H,30,33). The summed E-state index contributed by atoms with van der Waals surface area (Å²) in [5.41, 5.74) is 2.60. The van der Waals surface area contributed by atoms with Crippen LogP contribution in [0.5, 0.6) is 5.75 Å². The van der Waals surface area contributed by atoms with Gasteiger partial charge in [-0.15, -0.1) is 0 Å². The molecule has 2 fully saturated rings. The Morgan fingerprint density at radius 2 is 2.03 bits per heavy atom. The number of halogens is 1. The number of hydrogen-bond acceptors (Lipinski definition) is 5. The number of ether oxygens (including phenoxy) is 1. The number of rotatable bonds is 7. The summed E-state index contributed by atoms with van der Waals surface area (Å²) in [5.74, 6) is 0.998. The lowest BCUT2D eigenvalue weighted by atomic mass is 9.98. The van der Waals surface area contributed by atoms with Crippen LogP contribution in [0.2, 0.25) is 0 Å². The van der Waals surface area contributed by atoms with Crippen molar-refractivity contribution in [1.82, 2.24) is 15.2 Å². The number of likely N-dealkylation sites (tertiary alicyclic amines) is 1. The van der Waals surface area contributed by atoms with E-state index in [9.17, 15) is 9.18 Å². The Morgan fingerprint density at radius 1 is 1.24 bits per heavy atom. The molecule has 2 heterocycles. The summed E-state index contributed by atoms with van der Waals surface area (Å²) >= 11 is 0. The highest BCUT2D eigenvalue weighted by atomic mass is 19.1. The normalized spacial score (nSPS) is 18.9. The first-order valence-corrected chi connectivity index (χ1v) is 11.8. The van der Waals surface area contributed by atoms with E-state index in [1.54, 1.807) is 6.07 Å². The van der Waals surface area contributed by atoms with Gasteiger partial charge in [-0.2, -0.15) is 0 Å². The van der Waals surface area contributed by atoms with Gasteiger partial charge in [-0.3, -0.25) is 9.69 Å². The fourth-order valence-corrected chi connectivity index (χ4v) is 4.59. The highest BCUT2D eigenvalue weighted by Gasteiger charge is 2.47. The lowest BCUT2D eigenvalue weighted by Crippen LogP contribution is -2.48. The van der Waals surface area contributed by atoms with E-state index in [1.807, 2.05) is 50.2 Å². The van der Waals surface area contributed by atoms with Crippen LogP contribution in [-0.2, 0) is 5.54 Å². The number of likely N-dealkylation sites (N-methyl/N-ethyl adjacent to an activating group) is 1. The number of carbonyl (C=O) groups excluding carboxylic acids is 1. The Bertz CT molecular complexity index is 1250. The monoisotopic (exact) mass is 462 g/mol. The number of aryl methyl sites for hydroxylation is 1. The van der Waals surface area contributed by atoms with Gasteiger partial charge < -0.3 is 15.0 Å². The van der Waals surface area contributed by atoms with Crippen LogP contribution in [-0.4, -0.2) is 56.1 Å². The number of hydrogen-bond donors (Lipinski definition) is 1. The number of nitrogens with one attached hydrogen (secondary N) is 1. The third-order valence-corrected chi connectivity index (χ3v) is 7.17. The minimum absolute atomic E-state index is 0.125. The minimum atomic E-state index is -0.487. The van der Waals surface area contributed by atoms with Crippen molar-refractivity contribution in [2.24, 2.45) is 0 Å². The Labute approximate surface area is 199 Å². The van der Waals surface area contributed by atoms with Gasteiger partial charge in [-0.05, 0) is 81.2 Å². The zero-order valence-electron chi connectivity index (χ0n) is 20.2. The molecule has 2 aromatic carbocycles. The van der Waals surface area contributed by atoms with Gasteiger partial charge in [0.05, 0.1) is 11.1 Å². The molecule has 1 N–H and O–H groups in total. The largest absolute Gasteiger partial charge is 0.492 e. The zero-order chi connectivity index (χ0) is 24.0. The molecule has 1 aliphatic carbocycles. The number of benzene rings is 2. The average Bonchev–Trinajstić information content (AvgIpc) is 3.58. The van der Waals surface area contributed by atoms with Crippen LogP contribution in [0.25, 0.3) is 10.9 Å². The van der Waals surface area contributed by atoms with Gasteiger partial charge >= 0.3 is 0 Å². The lowest BCUT2D eigenvalue weighted by Gasteiger charge is -2.37. The molecule has 34 heavy (non-hydrogen) atoms. The van der Waals surface area contributed by atoms with Gasteiger partial charge in [0.1, 0.15) is 24.0 Å². The van der Waals surface area contributed by atoms with Crippen molar-refractivity contribution < 1.29 is 13.9 Å². The first-order valence-electron chi connectivity index (χ1n) is 11.8. The van der Waals surface area contributed by atoms with E-state index < -0.39 is 5.54 Å². The number of fused-ring (bicyclic) bond motifs is 1. The van der Waals surface area contributed by atoms with E-state index in [-0.39, 0.29) is 11.7 Å². The van der Waals surface area contributed by atoms with E-state index >= 15 is 0 Å². The second-order valence-corrected chi connectivity index (χ2v) is 9.83. The summed E-state index contributed by atoms with van der Waals surface area (Å²) < 4.78 is 19.9. The molecule has 1 amide bonds. The molecule has 1 atom stereocenters. The summed E-state index contributed by atoms with van der Waals surface area (Å²) in [6, 6.07) is 12.8. The maximum absolute atomic E-state index is 13.9. The summed E-state index contributed by atoms with van der Waals surface area (Å²) in [4.78, 5) is 22.2. The fraction of sp³-hybridized carbons (Fsp3) is 0.407. The van der Waals surface area contributed by atoms with Gasteiger partial charge in [0, 0.05) is 37.2 Å². The maximum atomic E-state index is 13.9. The van der Waals surface area contributed by atoms with Crippen LogP contribution in [0, 0.1) is 12.7 Å². The quantitative estimate of drug-likeness (QED) is 0.569. The van der Waals surface area contributed by atoms with Gasteiger partial charge in [0.25, 0.3) is 5.91 Å². The van der Waals surface area contributed by atoms with Crippen molar-refractivity contribution in [3.05, 3.63) is 65.0 Å². The molecular weight excluding hydrogens is 431 g/mol. The number of aromatic nitrogens is 1.